The Kier molecular flexibility index (Phi) is 3.28. The van der Waals surface area contributed by atoms with Crippen LogP contribution in [0.15, 0.2) is 0 Å². The summed E-state index contributed by atoms with van der Waals surface area (Å²) in [4.78, 5) is 4.18. The van der Waals surface area contributed by atoms with Crippen LogP contribution >= 0.6 is 23.8 Å². The van der Waals surface area contributed by atoms with E-state index in [2.05, 4.69) is 16.3 Å². The van der Waals surface area contributed by atoms with Crippen LogP contribution in [-0.4, -0.2) is 9.36 Å². The third-order valence-electron chi connectivity index (χ3n) is 0.946. The molecule has 1 aromatic heterocycles. The van der Waals surface area contributed by atoms with Gasteiger partial charge in [-0.2, -0.15) is 0 Å². The zero-order chi connectivity index (χ0) is 6.69. The maximum atomic E-state index is 4.83. The summed E-state index contributed by atoms with van der Waals surface area (Å²) in [6, 6.07) is 0. The number of aromatic amines is 1. The van der Waals surface area contributed by atoms with Gasteiger partial charge in [-0.1, -0.05) is 0 Å². The van der Waals surface area contributed by atoms with Crippen LogP contribution in [0.5, 0.6) is 0 Å². The minimum absolute atomic E-state index is 0.670. The Hall–Kier alpha value is 0.715. The maximum absolute atomic E-state index is 4.83. The predicted octanol–water partition coefficient (Wildman–Crippen LogP) is 1.35. The predicted molar refractivity (Wildman–Crippen MR) is 37.4 cm³/mol. The van der Waals surface area contributed by atoms with Crippen LogP contribution in [0.4, 0.5) is 0 Å². The van der Waals surface area contributed by atoms with E-state index in [1.165, 1.54) is 6.45 Å². The second-order valence-electron chi connectivity index (χ2n) is 1.76. The van der Waals surface area contributed by atoms with Gasteiger partial charge in [0.1, 0.15) is 0 Å². The summed E-state index contributed by atoms with van der Waals surface area (Å²) in [5, 5.41) is 0. The van der Waals surface area contributed by atoms with Gasteiger partial charge in [-0.15, -0.1) is 0 Å². The Morgan fingerprint density at radius 3 is 3.11 bits per heavy atom. The van der Waals surface area contributed by atoms with Gasteiger partial charge >= 0.3 is 75.8 Å². The van der Waals surface area contributed by atoms with E-state index in [1.54, 1.807) is 11.5 Å². The van der Waals surface area contributed by atoms with E-state index in [1.807, 2.05) is 0 Å². The SMILES string of the molecule is C[CH2][Hg][c]1nc(=S)[nH]s1. The second-order valence-corrected chi connectivity index (χ2v) is 13.5. The molecule has 0 saturated carbocycles. The molecule has 0 bridgehead atoms. The molecule has 2 nitrogen and oxygen atoms in total. The molecule has 1 aromatic rings. The first kappa shape index (κ1) is 7.82. The zero-order valence-corrected chi connectivity index (χ0v) is 12.3. The number of hydrogen-bond donors (Lipinski definition) is 1. The summed E-state index contributed by atoms with van der Waals surface area (Å²) in [7, 11) is 0. The standard InChI is InChI=1S/C2HN2S2.C2H5.Hg/c5-2-3-1-6-4-2;1-2;/h(H,4,5);1H2,2H3;. The van der Waals surface area contributed by atoms with E-state index >= 15 is 0 Å². The van der Waals surface area contributed by atoms with Gasteiger partial charge in [-0.3, -0.25) is 0 Å². The average Bonchev–Trinajstić information content (AvgIpc) is 2.17. The van der Waals surface area contributed by atoms with E-state index in [4.69, 9.17) is 12.2 Å². The molecular formula is C4H6HgN2S2. The van der Waals surface area contributed by atoms with Gasteiger partial charge in [0.15, 0.2) is 0 Å². The number of nitrogens with zero attached hydrogens (tertiary/aromatic N) is 1. The van der Waals surface area contributed by atoms with Crippen LogP contribution < -0.4 is 2.52 Å². The van der Waals surface area contributed by atoms with Gasteiger partial charge in [0.2, 0.25) is 0 Å². The van der Waals surface area contributed by atoms with Gasteiger partial charge in [-0.25, -0.2) is 0 Å². The van der Waals surface area contributed by atoms with E-state index in [0.29, 0.717) is 4.77 Å². The van der Waals surface area contributed by atoms with Crippen molar-refractivity contribution < 1.29 is 24.6 Å². The Balaban J connectivity index is 2.73. The van der Waals surface area contributed by atoms with Gasteiger partial charge in [0.25, 0.3) is 0 Å². The third kappa shape index (κ3) is 2.43. The van der Waals surface area contributed by atoms with Crippen molar-refractivity contribution in [1.82, 2.24) is 9.36 Å². The zero-order valence-electron chi connectivity index (χ0n) is 5.18. The molecular weight excluding hydrogens is 341 g/mol. The summed E-state index contributed by atoms with van der Waals surface area (Å²) >= 11 is 5.72. The molecule has 0 saturated heterocycles. The molecule has 0 aliphatic heterocycles. The van der Waals surface area contributed by atoms with E-state index in [0.717, 1.165) is 0 Å². The topological polar surface area (TPSA) is 28.7 Å². The summed E-state index contributed by atoms with van der Waals surface area (Å²) in [6.45, 7) is 2.23. The van der Waals surface area contributed by atoms with E-state index < -0.39 is 24.6 Å². The van der Waals surface area contributed by atoms with Crippen molar-refractivity contribution in [3.8, 4) is 0 Å². The first-order valence-electron chi connectivity index (χ1n) is 2.87. The Bertz CT molecular complexity index is 228. The van der Waals surface area contributed by atoms with Crippen molar-refractivity contribution in [2.45, 2.75) is 10.9 Å². The van der Waals surface area contributed by atoms with Gasteiger partial charge in [0, 0.05) is 0 Å². The summed E-state index contributed by atoms with van der Waals surface area (Å²) in [6.07, 6.45) is 0. The first-order valence-corrected chi connectivity index (χ1v) is 10.7. The van der Waals surface area contributed by atoms with Gasteiger partial charge < -0.3 is 0 Å². The molecule has 0 fully saturated rings. The van der Waals surface area contributed by atoms with Crippen LogP contribution in [0.2, 0.25) is 3.93 Å². The third-order valence-corrected chi connectivity index (χ3v) is 9.59. The molecule has 9 heavy (non-hydrogen) atoms. The number of H-pyrrole nitrogens is 1. The van der Waals surface area contributed by atoms with Crippen LogP contribution in [0.1, 0.15) is 6.92 Å². The minimum atomic E-state index is -0.737. The van der Waals surface area contributed by atoms with Crippen LogP contribution in [0, 0.1) is 4.77 Å². The van der Waals surface area contributed by atoms with Crippen LogP contribution in [0.3, 0.4) is 0 Å². The molecule has 0 aliphatic carbocycles. The Morgan fingerprint density at radius 1 is 1.89 bits per heavy atom. The normalized spacial score (nSPS) is 9.00. The Labute approximate surface area is 75.3 Å². The van der Waals surface area contributed by atoms with Crippen molar-refractivity contribution in [2.24, 2.45) is 0 Å². The van der Waals surface area contributed by atoms with E-state index in [9.17, 15) is 0 Å². The van der Waals surface area contributed by atoms with Crippen LogP contribution in [-0.2, 0) is 24.6 Å². The molecule has 0 amide bonds. The molecule has 46 valence electrons. The molecule has 0 aliphatic rings. The fraction of sp³-hybridized carbons (Fsp3) is 0.500. The summed E-state index contributed by atoms with van der Waals surface area (Å²) < 4.78 is 6.32. The van der Waals surface area contributed by atoms with Crippen molar-refractivity contribution in [1.29, 1.82) is 0 Å². The van der Waals surface area contributed by atoms with Gasteiger partial charge in [-0.05, 0) is 0 Å². The van der Waals surface area contributed by atoms with E-state index in [-0.39, 0.29) is 0 Å². The van der Waals surface area contributed by atoms with Crippen LogP contribution in [0.25, 0.3) is 0 Å². The molecule has 1 N–H and O–H groups in total. The molecule has 1 rings (SSSR count). The van der Waals surface area contributed by atoms with Crippen molar-refractivity contribution in [3.63, 3.8) is 0 Å². The summed E-state index contributed by atoms with van der Waals surface area (Å²) in [5.74, 6) is 0. The van der Waals surface area contributed by atoms with Gasteiger partial charge in [0.05, 0.1) is 0 Å². The monoisotopic (exact) mass is 348 g/mol. The van der Waals surface area contributed by atoms with Crippen molar-refractivity contribution >= 4 is 26.3 Å². The first-order chi connectivity index (χ1) is 4.33. The average molecular weight is 347 g/mol. The molecule has 0 unspecified atom stereocenters. The fourth-order valence-corrected chi connectivity index (χ4v) is 8.35. The number of aromatic nitrogens is 2. The summed E-state index contributed by atoms with van der Waals surface area (Å²) in [5.41, 5.74) is 0. The molecule has 0 radical (unpaired) electrons. The molecule has 0 atom stereocenters. The second kappa shape index (κ2) is 3.78. The van der Waals surface area contributed by atoms with Crippen molar-refractivity contribution in [3.05, 3.63) is 4.77 Å². The van der Waals surface area contributed by atoms with Crippen molar-refractivity contribution in [2.75, 3.05) is 0 Å². The fourth-order valence-electron chi connectivity index (χ4n) is 0.582. The quantitative estimate of drug-likeness (QED) is 0.647. The molecule has 1 heterocycles. The molecule has 0 aromatic carbocycles. The molecule has 5 heteroatoms. The number of hydrogen-bond acceptors (Lipinski definition) is 3. The Morgan fingerprint density at radius 2 is 2.67 bits per heavy atom. The number of rotatable bonds is 2. The molecule has 0 spiro atoms. The number of nitrogens with one attached hydrogen (secondary N) is 1.